The lowest BCUT2D eigenvalue weighted by atomic mass is 10.0. The number of hydrogen-bond donors (Lipinski definition) is 2. The molecule has 1 aliphatic rings. The Labute approximate surface area is 212 Å². The zero-order valence-electron chi connectivity index (χ0n) is 21.5. The number of likely N-dealkylation sites (tertiary alicyclic amines) is 1. The van der Waals surface area contributed by atoms with Gasteiger partial charge in [-0.1, -0.05) is 36.4 Å². The number of piperidine rings is 1. The van der Waals surface area contributed by atoms with Crippen molar-refractivity contribution in [3.8, 4) is 0 Å². The highest BCUT2D eigenvalue weighted by molar-refractivity contribution is 5.82. The highest BCUT2D eigenvalue weighted by Crippen LogP contribution is 2.20. The fourth-order valence-corrected chi connectivity index (χ4v) is 4.50. The van der Waals surface area contributed by atoms with E-state index in [1.54, 1.807) is 17.0 Å². The molecular weight excluding hydrogens is 454 g/mol. The Morgan fingerprint density at radius 2 is 1.86 bits per heavy atom. The van der Waals surface area contributed by atoms with E-state index in [1.165, 1.54) is 16.3 Å². The molecule has 0 unspecified atom stereocenters. The van der Waals surface area contributed by atoms with Crippen molar-refractivity contribution in [2.24, 2.45) is 0 Å². The first-order valence-corrected chi connectivity index (χ1v) is 12.8. The highest BCUT2D eigenvalue weighted by Gasteiger charge is 2.21. The molecule has 0 aliphatic carbocycles. The van der Waals surface area contributed by atoms with Crippen molar-refractivity contribution in [1.82, 2.24) is 19.8 Å². The lowest BCUT2D eigenvalue weighted by molar-refractivity contribution is 0.0526. The standard InChI is InChI=1S/C28H37N5O3/c1-28(2,3)36-27(35)30-13-6-15-33-18-14-29-25(26(33)34)31-24-11-16-32(17-12-24)20-21-9-10-22-7-4-5-8-23(22)19-21/h4-5,7-10,14,18-19,24H,6,11-13,15-17,20H2,1-3H3,(H,29,31)(H,30,35). The third-order valence-corrected chi connectivity index (χ3v) is 6.31. The Bertz CT molecular complexity index is 1230. The number of carbonyl (C=O) groups is 1. The van der Waals surface area contributed by atoms with Gasteiger partial charge in [0.25, 0.3) is 5.56 Å². The molecule has 192 valence electrons. The number of carbonyl (C=O) groups excluding carboxylic acids is 1. The van der Waals surface area contributed by atoms with Gasteiger partial charge in [-0.2, -0.15) is 0 Å². The van der Waals surface area contributed by atoms with E-state index in [0.717, 1.165) is 32.5 Å². The summed E-state index contributed by atoms with van der Waals surface area (Å²) in [6.07, 6.45) is 5.44. The predicted octanol–water partition coefficient (Wildman–Crippen LogP) is 4.39. The number of alkyl carbamates (subject to hydrolysis) is 1. The first-order chi connectivity index (χ1) is 17.3. The van der Waals surface area contributed by atoms with Gasteiger partial charge in [-0.05, 0) is 62.4 Å². The number of aryl methyl sites for hydroxylation is 1. The number of benzene rings is 2. The average molecular weight is 492 g/mol. The number of nitrogens with one attached hydrogen (secondary N) is 2. The summed E-state index contributed by atoms with van der Waals surface area (Å²) in [6.45, 7) is 9.29. The quantitative estimate of drug-likeness (QED) is 0.455. The number of hydrogen-bond acceptors (Lipinski definition) is 6. The molecule has 0 bridgehead atoms. The van der Waals surface area contributed by atoms with Crippen LogP contribution in [0.4, 0.5) is 10.6 Å². The topological polar surface area (TPSA) is 88.5 Å². The summed E-state index contributed by atoms with van der Waals surface area (Å²) in [6, 6.07) is 15.4. The molecule has 1 aromatic heterocycles. The fraction of sp³-hybridized carbons (Fsp3) is 0.464. The first-order valence-electron chi connectivity index (χ1n) is 12.8. The van der Waals surface area contributed by atoms with Gasteiger partial charge < -0.3 is 19.9 Å². The minimum Gasteiger partial charge on any atom is -0.444 e. The van der Waals surface area contributed by atoms with Gasteiger partial charge in [-0.25, -0.2) is 9.78 Å². The van der Waals surface area contributed by atoms with Gasteiger partial charge >= 0.3 is 6.09 Å². The monoisotopic (exact) mass is 491 g/mol. The van der Waals surface area contributed by atoms with Gasteiger partial charge in [0.2, 0.25) is 0 Å². The molecule has 0 atom stereocenters. The molecular formula is C28H37N5O3. The Morgan fingerprint density at radius 1 is 1.11 bits per heavy atom. The van der Waals surface area contributed by atoms with Crippen LogP contribution in [0.5, 0.6) is 0 Å². The third kappa shape index (κ3) is 7.31. The number of amides is 1. The second-order valence-corrected chi connectivity index (χ2v) is 10.4. The number of fused-ring (bicyclic) bond motifs is 1. The van der Waals surface area contributed by atoms with Crippen LogP contribution in [0.2, 0.25) is 0 Å². The van der Waals surface area contributed by atoms with Gasteiger partial charge in [-0.15, -0.1) is 0 Å². The molecule has 4 rings (SSSR count). The fourth-order valence-electron chi connectivity index (χ4n) is 4.50. The molecule has 2 heterocycles. The molecule has 2 N–H and O–H groups in total. The van der Waals surface area contributed by atoms with E-state index in [4.69, 9.17) is 4.74 Å². The van der Waals surface area contributed by atoms with E-state index in [1.807, 2.05) is 20.8 Å². The van der Waals surface area contributed by atoms with Crippen LogP contribution in [0.15, 0.2) is 59.7 Å². The summed E-state index contributed by atoms with van der Waals surface area (Å²) >= 11 is 0. The third-order valence-electron chi connectivity index (χ3n) is 6.31. The van der Waals surface area contributed by atoms with Crippen molar-refractivity contribution in [3.63, 3.8) is 0 Å². The van der Waals surface area contributed by atoms with Crippen molar-refractivity contribution in [3.05, 3.63) is 70.8 Å². The first kappa shape index (κ1) is 25.7. The summed E-state index contributed by atoms with van der Waals surface area (Å²) in [4.78, 5) is 31.4. The van der Waals surface area contributed by atoms with E-state index in [2.05, 4.69) is 63.0 Å². The lowest BCUT2D eigenvalue weighted by Crippen LogP contribution is -2.40. The Balaban J connectivity index is 1.23. The SMILES string of the molecule is CC(C)(C)OC(=O)NCCCn1ccnc(NC2CCN(Cc3ccc4ccccc4c3)CC2)c1=O. The molecule has 1 amide bonds. The molecule has 0 saturated carbocycles. The van der Waals surface area contributed by atoms with Gasteiger partial charge in [-0.3, -0.25) is 9.69 Å². The van der Waals surface area contributed by atoms with E-state index < -0.39 is 11.7 Å². The summed E-state index contributed by atoms with van der Waals surface area (Å²) in [7, 11) is 0. The number of ether oxygens (including phenoxy) is 1. The van der Waals surface area contributed by atoms with Gasteiger partial charge in [0, 0.05) is 51.2 Å². The smallest absolute Gasteiger partial charge is 0.407 e. The van der Waals surface area contributed by atoms with E-state index in [0.29, 0.717) is 25.3 Å². The maximum Gasteiger partial charge on any atom is 0.407 e. The van der Waals surface area contributed by atoms with Gasteiger partial charge in [0.1, 0.15) is 5.60 Å². The predicted molar refractivity (Wildman–Crippen MR) is 143 cm³/mol. The molecule has 0 radical (unpaired) electrons. The second-order valence-electron chi connectivity index (χ2n) is 10.4. The normalized spacial score (nSPS) is 15.1. The second kappa shape index (κ2) is 11.6. The Morgan fingerprint density at radius 3 is 2.61 bits per heavy atom. The number of nitrogens with zero attached hydrogens (tertiary/aromatic N) is 3. The Hall–Kier alpha value is -3.39. The maximum absolute atomic E-state index is 12.9. The van der Waals surface area contributed by atoms with Gasteiger partial charge in [0.15, 0.2) is 5.82 Å². The molecule has 1 fully saturated rings. The summed E-state index contributed by atoms with van der Waals surface area (Å²) in [5.41, 5.74) is 0.668. The summed E-state index contributed by atoms with van der Waals surface area (Å²) in [5, 5.41) is 8.64. The number of rotatable bonds is 8. The largest absolute Gasteiger partial charge is 0.444 e. The Kier molecular flexibility index (Phi) is 8.25. The average Bonchev–Trinajstić information content (AvgIpc) is 2.84. The molecule has 1 aliphatic heterocycles. The molecule has 2 aromatic carbocycles. The molecule has 36 heavy (non-hydrogen) atoms. The highest BCUT2D eigenvalue weighted by atomic mass is 16.6. The molecule has 0 spiro atoms. The molecule has 8 heteroatoms. The zero-order chi connectivity index (χ0) is 25.5. The van der Waals surface area contributed by atoms with Crippen molar-refractivity contribution in [2.75, 3.05) is 25.0 Å². The summed E-state index contributed by atoms with van der Waals surface area (Å²) < 4.78 is 6.87. The van der Waals surface area contributed by atoms with Gasteiger partial charge in [0.05, 0.1) is 0 Å². The zero-order valence-corrected chi connectivity index (χ0v) is 21.5. The van der Waals surface area contributed by atoms with Crippen molar-refractivity contribution in [1.29, 1.82) is 0 Å². The van der Waals surface area contributed by atoms with Crippen molar-refractivity contribution >= 4 is 22.7 Å². The van der Waals surface area contributed by atoms with E-state index >= 15 is 0 Å². The van der Waals surface area contributed by atoms with Crippen LogP contribution >= 0.6 is 0 Å². The van der Waals surface area contributed by atoms with Crippen LogP contribution < -0.4 is 16.2 Å². The minimum absolute atomic E-state index is 0.131. The van der Waals surface area contributed by atoms with Crippen LogP contribution in [-0.2, 0) is 17.8 Å². The van der Waals surface area contributed by atoms with Crippen molar-refractivity contribution in [2.45, 2.75) is 64.8 Å². The van der Waals surface area contributed by atoms with Crippen LogP contribution in [0.25, 0.3) is 10.8 Å². The van der Waals surface area contributed by atoms with Crippen LogP contribution in [0, 0.1) is 0 Å². The van der Waals surface area contributed by atoms with Crippen LogP contribution in [-0.4, -0.2) is 51.8 Å². The van der Waals surface area contributed by atoms with E-state index in [9.17, 15) is 9.59 Å². The number of aromatic nitrogens is 2. The summed E-state index contributed by atoms with van der Waals surface area (Å²) in [5.74, 6) is 0.394. The van der Waals surface area contributed by atoms with Crippen LogP contribution in [0.1, 0.15) is 45.6 Å². The lowest BCUT2D eigenvalue weighted by Gasteiger charge is -2.32. The molecule has 8 nitrogen and oxygen atoms in total. The van der Waals surface area contributed by atoms with E-state index in [-0.39, 0.29) is 11.6 Å². The minimum atomic E-state index is -0.528. The molecule has 1 saturated heterocycles. The molecule has 3 aromatic rings. The number of anilines is 1. The maximum atomic E-state index is 12.9. The van der Waals surface area contributed by atoms with Crippen molar-refractivity contribution < 1.29 is 9.53 Å². The van der Waals surface area contributed by atoms with Crippen LogP contribution in [0.3, 0.4) is 0 Å².